The van der Waals surface area contributed by atoms with Crippen molar-refractivity contribution in [3.05, 3.63) is 89.1 Å². The Morgan fingerprint density at radius 2 is 1.80 bits per heavy atom. The number of H-pyrrole nitrogens is 1. The molecule has 0 atom stereocenters. The number of esters is 1. The molecule has 0 spiro atoms. The molecule has 0 saturated carbocycles. The Labute approximate surface area is 202 Å². The summed E-state index contributed by atoms with van der Waals surface area (Å²) in [7, 11) is 0. The highest BCUT2D eigenvalue weighted by Crippen LogP contribution is 2.32. The smallest absolute Gasteiger partial charge is 0.338 e. The molecular weight excluding hydrogens is 438 g/mol. The molecular formula is C29H25N3O3. The Balaban J connectivity index is 1.22. The number of nitrogens with zero attached hydrogens (tertiary/aromatic N) is 2. The fraction of sp³-hybridized carbons (Fsp3) is 0.207. The number of rotatable bonds is 4. The minimum absolute atomic E-state index is 0.220. The van der Waals surface area contributed by atoms with E-state index in [9.17, 15) is 9.59 Å². The van der Waals surface area contributed by atoms with E-state index in [0.29, 0.717) is 5.56 Å². The Morgan fingerprint density at radius 3 is 2.66 bits per heavy atom. The Hall–Kier alpha value is -4.19. The normalized spacial score (nSPS) is 13.2. The molecule has 0 radical (unpaired) electrons. The largest absolute Gasteiger partial charge is 0.452 e. The van der Waals surface area contributed by atoms with Gasteiger partial charge in [-0.2, -0.15) is 0 Å². The van der Waals surface area contributed by atoms with Crippen molar-refractivity contribution in [2.24, 2.45) is 0 Å². The molecule has 1 N–H and O–H groups in total. The molecule has 1 aliphatic rings. The van der Waals surface area contributed by atoms with E-state index in [1.54, 1.807) is 22.8 Å². The molecule has 0 bridgehead atoms. The summed E-state index contributed by atoms with van der Waals surface area (Å²) in [5.74, 6) is -0.0102. The molecule has 1 aliphatic carbocycles. The van der Waals surface area contributed by atoms with Crippen molar-refractivity contribution >= 4 is 33.8 Å². The van der Waals surface area contributed by atoms with Gasteiger partial charge in [0.2, 0.25) is 0 Å². The monoisotopic (exact) mass is 463 g/mol. The maximum Gasteiger partial charge on any atom is 0.338 e. The second-order valence-electron chi connectivity index (χ2n) is 9.14. The van der Waals surface area contributed by atoms with Gasteiger partial charge in [-0.25, -0.2) is 9.78 Å². The second-order valence-corrected chi connectivity index (χ2v) is 9.14. The van der Waals surface area contributed by atoms with Crippen LogP contribution in [-0.2, 0) is 17.6 Å². The molecule has 6 heteroatoms. The molecule has 6 rings (SSSR count). The number of aromatic amines is 1. The highest BCUT2D eigenvalue weighted by atomic mass is 16.5. The highest BCUT2D eigenvalue weighted by Gasteiger charge is 2.24. The number of fused-ring (bicyclic) bond motifs is 4. The van der Waals surface area contributed by atoms with E-state index in [2.05, 4.69) is 16.0 Å². The highest BCUT2D eigenvalue weighted by molar-refractivity contribution is 5.99. The molecule has 0 aliphatic heterocycles. The van der Waals surface area contributed by atoms with Gasteiger partial charge in [0.05, 0.1) is 22.1 Å². The van der Waals surface area contributed by atoms with E-state index in [1.165, 1.54) is 11.1 Å². The second kappa shape index (κ2) is 8.55. The predicted octanol–water partition coefficient (Wildman–Crippen LogP) is 5.87. The van der Waals surface area contributed by atoms with Crippen molar-refractivity contribution < 1.29 is 14.3 Å². The first-order valence-corrected chi connectivity index (χ1v) is 12.0. The number of ether oxygens (including phenoxy) is 1. The number of imidazole rings is 1. The van der Waals surface area contributed by atoms with E-state index in [1.807, 2.05) is 49.4 Å². The molecule has 3 aromatic carbocycles. The SMILES string of the molecule is Cc1ccc(-c2nc3ccc(C(=O)OCC(=O)n4c5c(c6ccccc64)CCCC5)cc3[nH]2)cc1. The number of benzene rings is 3. The van der Waals surface area contributed by atoms with Crippen LogP contribution in [0, 0.1) is 6.92 Å². The van der Waals surface area contributed by atoms with Gasteiger partial charge in [0.1, 0.15) is 5.82 Å². The van der Waals surface area contributed by atoms with Crippen LogP contribution in [-0.4, -0.2) is 33.0 Å². The quantitative estimate of drug-likeness (QED) is 0.338. The summed E-state index contributed by atoms with van der Waals surface area (Å²) in [6, 6.07) is 21.3. The Kier molecular flexibility index (Phi) is 5.21. The average molecular weight is 464 g/mol. The molecule has 174 valence electrons. The first-order valence-electron chi connectivity index (χ1n) is 12.0. The van der Waals surface area contributed by atoms with Crippen molar-refractivity contribution in [3.8, 4) is 11.4 Å². The summed E-state index contributed by atoms with van der Waals surface area (Å²) >= 11 is 0. The summed E-state index contributed by atoms with van der Waals surface area (Å²) in [6.45, 7) is 1.73. The first kappa shape index (κ1) is 21.4. The van der Waals surface area contributed by atoms with Crippen molar-refractivity contribution in [2.75, 3.05) is 6.61 Å². The first-order chi connectivity index (χ1) is 17.1. The fourth-order valence-electron chi connectivity index (χ4n) is 5.04. The Morgan fingerprint density at radius 1 is 1.00 bits per heavy atom. The third-order valence-corrected chi connectivity index (χ3v) is 6.80. The summed E-state index contributed by atoms with van der Waals surface area (Å²) in [5, 5.41) is 1.12. The van der Waals surface area contributed by atoms with Crippen molar-refractivity contribution in [1.29, 1.82) is 0 Å². The summed E-state index contributed by atoms with van der Waals surface area (Å²) in [5.41, 5.74) is 7.24. The van der Waals surface area contributed by atoms with E-state index < -0.39 is 5.97 Å². The van der Waals surface area contributed by atoms with Gasteiger partial charge in [-0.1, -0.05) is 48.0 Å². The van der Waals surface area contributed by atoms with Gasteiger partial charge >= 0.3 is 5.97 Å². The number of carbonyl (C=O) groups is 2. The number of carbonyl (C=O) groups excluding carboxylic acids is 2. The van der Waals surface area contributed by atoms with Crippen LogP contribution in [0.5, 0.6) is 0 Å². The number of hydrogen-bond donors (Lipinski definition) is 1. The van der Waals surface area contributed by atoms with Gasteiger partial charge in [-0.15, -0.1) is 0 Å². The third-order valence-electron chi connectivity index (χ3n) is 6.80. The van der Waals surface area contributed by atoms with Crippen molar-refractivity contribution in [2.45, 2.75) is 32.6 Å². The molecule has 0 fully saturated rings. The van der Waals surface area contributed by atoms with Crippen LogP contribution in [0.3, 0.4) is 0 Å². The molecule has 2 aromatic heterocycles. The lowest BCUT2D eigenvalue weighted by molar-refractivity contribution is 0.0449. The van der Waals surface area contributed by atoms with Crippen molar-refractivity contribution in [1.82, 2.24) is 14.5 Å². The number of nitrogens with one attached hydrogen (secondary N) is 1. The summed E-state index contributed by atoms with van der Waals surface area (Å²) < 4.78 is 7.22. The summed E-state index contributed by atoms with van der Waals surface area (Å²) in [4.78, 5) is 33.9. The average Bonchev–Trinajstić information content (AvgIpc) is 3.46. The molecule has 2 heterocycles. The molecule has 5 aromatic rings. The Bertz CT molecular complexity index is 1590. The fourth-order valence-corrected chi connectivity index (χ4v) is 5.04. The molecule has 6 nitrogen and oxygen atoms in total. The minimum atomic E-state index is -0.530. The number of aryl methyl sites for hydroxylation is 2. The third kappa shape index (κ3) is 3.81. The van der Waals surface area contributed by atoms with E-state index in [-0.39, 0.29) is 12.5 Å². The zero-order valence-electron chi connectivity index (χ0n) is 19.5. The van der Waals surface area contributed by atoms with Crippen LogP contribution < -0.4 is 0 Å². The van der Waals surface area contributed by atoms with Crippen molar-refractivity contribution in [3.63, 3.8) is 0 Å². The number of hydrogen-bond acceptors (Lipinski definition) is 4. The zero-order chi connectivity index (χ0) is 23.9. The van der Waals surface area contributed by atoms with E-state index >= 15 is 0 Å². The predicted molar refractivity (Wildman–Crippen MR) is 136 cm³/mol. The lowest BCUT2D eigenvalue weighted by atomic mass is 9.95. The summed E-state index contributed by atoms with van der Waals surface area (Å²) in [6.07, 6.45) is 4.03. The molecule has 35 heavy (non-hydrogen) atoms. The van der Waals surface area contributed by atoms with Crippen LogP contribution in [0.2, 0.25) is 0 Å². The molecule has 0 unspecified atom stereocenters. The van der Waals surface area contributed by atoms with Crippen LogP contribution in [0.1, 0.15) is 44.8 Å². The molecule has 0 saturated heterocycles. The van der Waals surface area contributed by atoms with Crippen LogP contribution >= 0.6 is 0 Å². The van der Waals surface area contributed by atoms with E-state index in [0.717, 1.165) is 64.7 Å². The standard InChI is InChI=1S/C29H25N3O3/c1-18-10-12-19(13-11-18)28-30-23-15-14-20(16-24(23)31-28)29(34)35-17-27(33)32-25-8-4-2-6-21(25)22-7-3-5-9-26(22)32/h2,4,6,8,10-16H,3,5,7,9,17H2,1H3,(H,30,31). The van der Waals surface area contributed by atoms with Crippen LogP contribution in [0.4, 0.5) is 0 Å². The molecule has 0 amide bonds. The lowest BCUT2D eigenvalue weighted by Crippen LogP contribution is -2.22. The van der Waals surface area contributed by atoms with E-state index in [4.69, 9.17) is 4.74 Å². The maximum atomic E-state index is 13.2. The maximum absolute atomic E-state index is 13.2. The number of aromatic nitrogens is 3. The van der Waals surface area contributed by atoms with Crippen LogP contribution in [0.15, 0.2) is 66.7 Å². The zero-order valence-corrected chi connectivity index (χ0v) is 19.5. The van der Waals surface area contributed by atoms with Gasteiger partial charge in [0.25, 0.3) is 5.91 Å². The topological polar surface area (TPSA) is 77.0 Å². The lowest BCUT2D eigenvalue weighted by Gasteiger charge is -2.15. The number of para-hydroxylation sites is 1. The minimum Gasteiger partial charge on any atom is -0.452 e. The van der Waals surface area contributed by atoms with Gasteiger partial charge in [0.15, 0.2) is 6.61 Å². The van der Waals surface area contributed by atoms with Gasteiger partial charge in [-0.05, 0) is 62.4 Å². The van der Waals surface area contributed by atoms with Gasteiger partial charge < -0.3 is 9.72 Å². The van der Waals surface area contributed by atoms with Gasteiger partial charge in [-0.3, -0.25) is 9.36 Å². The van der Waals surface area contributed by atoms with Crippen LogP contribution in [0.25, 0.3) is 33.3 Å². The van der Waals surface area contributed by atoms with Gasteiger partial charge in [0, 0.05) is 16.6 Å².